The molecule has 0 aliphatic carbocycles. The molecule has 0 bridgehead atoms. The molecule has 0 spiro atoms. The molecule has 5 aromatic rings. The van der Waals surface area contributed by atoms with Crippen LogP contribution in [0, 0.1) is 0 Å². The highest BCUT2D eigenvalue weighted by atomic mass is 35.5. The van der Waals surface area contributed by atoms with E-state index in [0.717, 1.165) is 0 Å². The number of nitrogens with zero attached hydrogens (tertiary/aromatic N) is 4. The number of aromatic nitrogens is 4. The summed E-state index contributed by atoms with van der Waals surface area (Å²) >= 11 is 25.0. The van der Waals surface area contributed by atoms with E-state index in [1.165, 1.54) is 10.7 Å². The Morgan fingerprint density at radius 2 is 1.80 bits per heavy atom. The first-order chi connectivity index (χ1) is 14.4. The van der Waals surface area contributed by atoms with Gasteiger partial charge in [-0.05, 0) is 35.7 Å². The Hall–Kier alpha value is -2.64. The maximum absolute atomic E-state index is 12.8. The van der Waals surface area contributed by atoms with Gasteiger partial charge < -0.3 is 4.42 Å². The second-order valence-corrected chi connectivity index (χ2v) is 7.94. The third-order valence-electron chi connectivity index (χ3n) is 4.47. The molecule has 0 saturated carbocycles. The number of halogens is 4. The molecule has 6 nitrogen and oxygen atoms in total. The van der Waals surface area contributed by atoms with Crippen LogP contribution in [-0.2, 0) is 0 Å². The lowest BCUT2D eigenvalue weighted by atomic mass is 10.1. The fourth-order valence-electron chi connectivity index (χ4n) is 3.16. The van der Waals surface area contributed by atoms with Gasteiger partial charge in [-0.15, -0.1) is 0 Å². The fraction of sp³-hybridized carbons (Fsp3) is 0. The molecule has 0 radical (unpaired) electrons. The molecule has 0 amide bonds. The number of rotatable bonds is 2. The van der Waals surface area contributed by atoms with Crippen LogP contribution < -0.4 is 5.63 Å². The van der Waals surface area contributed by atoms with Crippen LogP contribution in [0.25, 0.3) is 39.1 Å². The molecule has 0 aliphatic heterocycles. The minimum absolute atomic E-state index is 0.0242. The summed E-state index contributed by atoms with van der Waals surface area (Å²) in [5.41, 5.74) is -0.0321. The first-order valence-corrected chi connectivity index (χ1v) is 10.0. The Kier molecular flexibility index (Phi) is 4.67. The lowest BCUT2D eigenvalue weighted by Gasteiger charge is -2.09. The smallest absolute Gasteiger partial charge is 0.347 e. The highest BCUT2D eigenvalue weighted by molar-refractivity contribution is 6.40. The van der Waals surface area contributed by atoms with Crippen molar-refractivity contribution in [2.75, 3.05) is 0 Å². The Morgan fingerprint density at radius 3 is 2.60 bits per heavy atom. The van der Waals surface area contributed by atoms with Gasteiger partial charge in [-0.2, -0.15) is 5.10 Å². The molecule has 148 valence electrons. The number of hydrogen-bond acceptors (Lipinski definition) is 5. The summed E-state index contributed by atoms with van der Waals surface area (Å²) in [4.78, 5) is 21.5. The Balaban J connectivity index is 1.81. The predicted octanol–water partition coefficient (Wildman–Crippen LogP) is 6.20. The number of benzene rings is 2. The van der Waals surface area contributed by atoms with Gasteiger partial charge in [0.2, 0.25) is 5.89 Å². The SMILES string of the molecule is O=c1oc(-c2cc(Cl)nn2-c2ncccc2Cl)nc2c(Cl)c3ccc(Cl)cc3cc12. The van der Waals surface area contributed by atoms with Crippen LogP contribution in [0.1, 0.15) is 0 Å². The largest absolute Gasteiger partial charge is 0.401 e. The first kappa shape index (κ1) is 19.3. The minimum Gasteiger partial charge on any atom is -0.401 e. The summed E-state index contributed by atoms with van der Waals surface area (Å²) in [6, 6.07) is 11.7. The van der Waals surface area contributed by atoms with Crippen molar-refractivity contribution in [2.45, 2.75) is 0 Å². The summed E-state index contributed by atoms with van der Waals surface area (Å²) in [5.74, 6) is 0.286. The highest BCUT2D eigenvalue weighted by Crippen LogP contribution is 2.34. The molecule has 0 atom stereocenters. The molecule has 5 rings (SSSR count). The summed E-state index contributed by atoms with van der Waals surface area (Å²) in [7, 11) is 0. The van der Waals surface area contributed by atoms with Gasteiger partial charge in [0.25, 0.3) is 0 Å². The Morgan fingerprint density at radius 1 is 0.967 bits per heavy atom. The molecule has 0 saturated heterocycles. The molecule has 10 heteroatoms. The van der Waals surface area contributed by atoms with Crippen molar-refractivity contribution in [1.29, 1.82) is 0 Å². The summed E-state index contributed by atoms with van der Waals surface area (Å²) < 4.78 is 6.84. The normalized spacial score (nSPS) is 11.5. The average molecular weight is 478 g/mol. The van der Waals surface area contributed by atoms with Crippen molar-refractivity contribution in [3.63, 3.8) is 0 Å². The summed E-state index contributed by atoms with van der Waals surface area (Å²) in [5, 5.41) is 7.15. The molecule has 2 aromatic carbocycles. The number of fused-ring (bicyclic) bond motifs is 2. The van der Waals surface area contributed by atoms with Crippen molar-refractivity contribution in [1.82, 2.24) is 19.7 Å². The maximum Gasteiger partial charge on any atom is 0.347 e. The molecular formula is C20H8Cl4N4O2. The molecule has 3 aromatic heterocycles. The van der Waals surface area contributed by atoms with Crippen LogP contribution in [0.2, 0.25) is 20.2 Å². The van der Waals surface area contributed by atoms with E-state index in [2.05, 4.69) is 15.1 Å². The molecular weight excluding hydrogens is 470 g/mol. The fourth-order valence-corrected chi connectivity index (χ4v) is 4.04. The van der Waals surface area contributed by atoms with Gasteiger partial charge in [-0.3, -0.25) is 0 Å². The van der Waals surface area contributed by atoms with Crippen molar-refractivity contribution < 1.29 is 4.42 Å². The number of pyridine rings is 1. The number of hydrogen-bond donors (Lipinski definition) is 0. The zero-order valence-corrected chi connectivity index (χ0v) is 17.8. The molecule has 3 heterocycles. The Bertz CT molecular complexity index is 1530. The molecule has 0 unspecified atom stereocenters. The first-order valence-electron chi connectivity index (χ1n) is 8.52. The maximum atomic E-state index is 12.8. The van der Waals surface area contributed by atoms with E-state index in [9.17, 15) is 4.79 Å². The van der Waals surface area contributed by atoms with E-state index >= 15 is 0 Å². The molecule has 0 aliphatic rings. The van der Waals surface area contributed by atoms with Gasteiger partial charge in [-0.1, -0.05) is 52.5 Å². The van der Waals surface area contributed by atoms with Crippen molar-refractivity contribution in [3.8, 4) is 17.4 Å². The zero-order valence-electron chi connectivity index (χ0n) is 14.7. The minimum atomic E-state index is -0.616. The van der Waals surface area contributed by atoms with Crippen LogP contribution in [0.15, 0.2) is 57.9 Å². The molecule has 0 N–H and O–H groups in total. The molecule has 0 fully saturated rings. The van der Waals surface area contributed by atoms with Crippen LogP contribution in [0.4, 0.5) is 0 Å². The lowest BCUT2D eigenvalue weighted by molar-refractivity contribution is 0.513. The molecule has 30 heavy (non-hydrogen) atoms. The van der Waals surface area contributed by atoms with Gasteiger partial charge in [0.05, 0.1) is 15.4 Å². The van der Waals surface area contributed by atoms with Crippen LogP contribution >= 0.6 is 46.4 Å². The van der Waals surface area contributed by atoms with Gasteiger partial charge in [0, 0.05) is 22.7 Å². The second-order valence-electron chi connectivity index (χ2n) is 6.33. The third-order valence-corrected chi connectivity index (χ3v) is 5.57. The van der Waals surface area contributed by atoms with Gasteiger partial charge in [0.15, 0.2) is 11.0 Å². The third kappa shape index (κ3) is 3.13. The second kappa shape index (κ2) is 7.25. The topological polar surface area (TPSA) is 73.8 Å². The van der Waals surface area contributed by atoms with E-state index in [0.29, 0.717) is 37.4 Å². The lowest BCUT2D eigenvalue weighted by Crippen LogP contribution is -2.07. The summed E-state index contributed by atoms with van der Waals surface area (Å²) in [6.07, 6.45) is 1.55. The van der Waals surface area contributed by atoms with E-state index in [1.54, 1.807) is 42.6 Å². The van der Waals surface area contributed by atoms with Crippen molar-refractivity contribution in [3.05, 3.63) is 79.3 Å². The van der Waals surface area contributed by atoms with Crippen LogP contribution in [-0.4, -0.2) is 19.7 Å². The Labute approximate surface area is 188 Å². The summed E-state index contributed by atoms with van der Waals surface area (Å²) in [6.45, 7) is 0. The van der Waals surface area contributed by atoms with Crippen molar-refractivity contribution in [2.24, 2.45) is 0 Å². The predicted molar refractivity (Wildman–Crippen MR) is 118 cm³/mol. The van der Waals surface area contributed by atoms with Crippen LogP contribution in [0.5, 0.6) is 0 Å². The van der Waals surface area contributed by atoms with Crippen LogP contribution in [0.3, 0.4) is 0 Å². The van der Waals surface area contributed by atoms with E-state index in [4.69, 9.17) is 50.8 Å². The van der Waals surface area contributed by atoms with Gasteiger partial charge in [-0.25, -0.2) is 19.4 Å². The average Bonchev–Trinajstić information content (AvgIpc) is 3.10. The van der Waals surface area contributed by atoms with Crippen molar-refractivity contribution >= 4 is 68.1 Å². The monoisotopic (exact) mass is 476 g/mol. The zero-order chi connectivity index (χ0) is 21.0. The van der Waals surface area contributed by atoms with Gasteiger partial charge >= 0.3 is 5.63 Å². The van der Waals surface area contributed by atoms with E-state index in [1.807, 2.05) is 0 Å². The van der Waals surface area contributed by atoms with E-state index < -0.39 is 5.63 Å². The van der Waals surface area contributed by atoms with Gasteiger partial charge in [0.1, 0.15) is 11.2 Å². The highest BCUT2D eigenvalue weighted by Gasteiger charge is 2.20. The van der Waals surface area contributed by atoms with E-state index in [-0.39, 0.29) is 21.9 Å². The standard InChI is InChI=1S/C20H8Cl4N4O2/c21-10-3-4-11-9(6-10)7-12-17(16(11)24)26-19(30-20(12)29)14-8-15(23)27-28(14)18-13(22)2-1-5-25-18/h1-8H. The quantitative estimate of drug-likeness (QED) is 0.283.